The minimum atomic E-state index is -0.266. The Morgan fingerprint density at radius 2 is 1.94 bits per heavy atom. The molecule has 0 unspecified atom stereocenters. The molecule has 94 valence electrons. The second-order valence-corrected chi connectivity index (χ2v) is 5.32. The lowest BCUT2D eigenvalue weighted by Gasteiger charge is -2.15. The van der Waals surface area contributed by atoms with Gasteiger partial charge in [0.2, 0.25) is 5.91 Å². The summed E-state index contributed by atoms with van der Waals surface area (Å²) in [6.07, 6.45) is 0.731. The molecule has 0 saturated heterocycles. The zero-order valence-electron chi connectivity index (χ0n) is 10.2. The third-order valence-electron chi connectivity index (χ3n) is 2.60. The number of carbonyl (C=O) groups excluding carboxylic acids is 1. The van der Waals surface area contributed by atoms with Gasteiger partial charge >= 0.3 is 0 Å². The standard InChI is InChI=1S/C13H19BrN2O/c1-9(2)16-8-7-12(13(15)17)10-3-5-11(14)6-4-10/h3-6,9,12,16H,7-8H2,1-2H3,(H2,15,17)/t12-/m1/s1. The molecule has 1 aromatic carbocycles. The summed E-state index contributed by atoms with van der Waals surface area (Å²) in [5, 5.41) is 3.29. The zero-order valence-corrected chi connectivity index (χ0v) is 11.8. The van der Waals surface area contributed by atoms with Gasteiger partial charge in [-0.3, -0.25) is 4.79 Å². The highest BCUT2D eigenvalue weighted by molar-refractivity contribution is 9.10. The van der Waals surface area contributed by atoms with Gasteiger partial charge in [-0.15, -0.1) is 0 Å². The Balaban J connectivity index is 2.66. The lowest BCUT2D eigenvalue weighted by Crippen LogP contribution is -2.29. The van der Waals surface area contributed by atoms with Crippen molar-refractivity contribution in [3.05, 3.63) is 34.3 Å². The summed E-state index contributed by atoms with van der Waals surface area (Å²) in [6.45, 7) is 4.96. The van der Waals surface area contributed by atoms with Gasteiger partial charge in [0.1, 0.15) is 0 Å². The van der Waals surface area contributed by atoms with Crippen LogP contribution in [0.5, 0.6) is 0 Å². The average molecular weight is 299 g/mol. The number of nitrogens with two attached hydrogens (primary N) is 1. The third kappa shape index (κ3) is 4.88. The number of benzene rings is 1. The fraction of sp³-hybridized carbons (Fsp3) is 0.462. The molecular formula is C13H19BrN2O. The Labute approximate surface area is 111 Å². The summed E-state index contributed by atoms with van der Waals surface area (Å²) in [7, 11) is 0. The Bertz CT molecular complexity index is 362. The molecule has 1 atom stereocenters. The number of nitrogens with one attached hydrogen (secondary N) is 1. The van der Waals surface area contributed by atoms with Crippen LogP contribution in [0.3, 0.4) is 0 Å². The summed E-state index contributed by atoms with van der Waals surface area (Å²) < 4.78 is 1.00. The maximum atomic E-state index is 11.4. The number of primary amides is 1. The van der Waals surface area contributed by atoms with Gasteiger partial charge in [-0.1, -0.05) is 41.9 Å². The molecule has 0 aliphatic carbocycles. The number of carbonyl (C=O) groups is 1. The van der Waals surface area contributed by atoms with Crippen LogP contribution in [0.2, 0.25) is 0 Å². The SMILES string of the molecule is CC(C)NCC[C@@H](C(N)=O)c1ccc(Br)cc1. The highest BCUT2D eigenvalue weighted by Gasteiger charge is 2.17. The van der Waals surface area contributed by atoms with E-state index in [1.165, 1.54) is 0 Å². The largest absolute Gasteiger partial charge is 0.369 e. The molecule has 3 N–H and O–H groups in total. The molecule has 1 amide bonds. The van der Waals surface area contributed by atoms with E-state index in [1.54, 1.807) is 0 Å². The molecule has 0 saturated carbocycles. The smallest absolute Gasteiger partial charge is 0.225 e. The van der Waals surface area contributed by atoms with Crippen LogP contribution in [0.4, 0.5) is 0 Å². The second-order valence-electron chi connectivity index (χ2n) is 4.40. The molecule has 0 aliphatic rings. The van der Waals surface area contributed by atoms with Crippen LogP contribution in [0.1, 0.15) is 31.7 Å². The molecule has 0 aliphatic heterocycles. The molecule has 4 heteroatoms. The molecule has 0 heterocycles. The number of rotatable bonds is 6. The van der Waals surface area contributed by atoms with Crippen LogP contribution in [-0.2, 0) is 4.79 Å². The summed E-state index contributed by atoms with van der Waals surface area (Å²) in [4.78, 5) is 11.4. The molecule has 1 aromatic rings. The molecule has 0 aromatic heterocycles. The Morgan fingerprint density at radius 3 is 2.41 bits per heavy atom. The van der Waals surface area contributed by atoms with Crippen molar-refractivity contribution in [2.45, 2.75) is 32.2 Å². The molecule has 17 heavy (non-hydrogen) atoms. The number of hydrogen-bond donors (Lipinski definition) is 2. The average Bonchev–Trinajstić information content (AvgIpc) is 2.25. The Kier molecular flexibility index (Phi) is 5.65. The molecule has 0 bridgehead atoms. The molecule has 3 nitrogen and oxygen atoms in total. The lowest BCUT2D eigenvalue weighted by molar-refractivity contribution is -0.119. The highest BCUT2D eigenvalue weighted by Crippen LogP contribution is 2.21. The van der Waals surface area contributed by atoms with Crippen LogP contribution >= 0.6 is 15.9 Å². The molecule has 0 fully saturated rings. The van der Waals surface area contributed by atoms with E-state index in [4.69, 9.17) is 5.73 Å². The molecule has 1 rings (SSSR count). The van der Waals surface area contributed by atoms with E-state index in [0.29, 0.717) is 6.04 Å². The van der Waals surface area contributed by atoms with Gasteiger partial charge < -0.3 is 11.1 Å². The van der Waals surface area contributed by atoms with E-state index in [9.17, 15) is 4.79 Å². The molecule has 0 radical (unpaired) electrons. The molecule has 0 spiro atoms. The quantitative estimate of drug-likeness (QED) is 0.847. The van der Waals surface area contributed by atoms with Gasteiger partial charge in [0.05, 0.1) is 5.92 Å². The van der Waals surface area contributed by atoms with Crippen LogP contribution in [0.25, 0.3) is 0 Å². The molecular weight excluding hydrogens is 280 g/mol. The van der Waals surface area contributed by atoms with Crippen molar-refractivity contribution in [2.24, 2.45) is 5.73 Å². The highest BCUT2D eigenvalue weighted by atomic mass is 79.9. The van der Waals surface area contributed by atoms with Gasteiger partial charge in [0.15, 0.2) is 0 Å². The van der Waals surface area contributed by atoms with Crippen LogP contribution in [-0.4, -0.2) is 18.5 Å². The minimum absolute atomic E-state index is 0.214. The van der Waals surface area contributed by atoms with Crippen molar-refractivity contribution in [1.29, 1.82) is 0 Å². The summed E-state index contributed by atoms with van der Waals surface area (Å²) in [6, 6.07) is 8.17. The Morgan fingerprint density at radius 1 is 1.35 bits per heavy atom. The van der Waals surface area contributed by atoms with E-state index in [2.05, 4.69) is 35.1 Å². The topological polar surface area (TPSA) is 55.1 Å². The predicted molar refractivity (Wildman–Crippen MR) is 73.8 cm³/mol. The first kappa shape index (κ1) is 14.2. The maximum Gasteiger partial charge on any atom is 0.225 e. The second kappa shape index (κ2) is 6.77. The zero-order chi connectivity index (χ0) is 12.8. The van der Waals surface area contributed by atoms with Crippen molar-refractivity contribution < 1.29 is 4.79 Å². The first-order chi connectivity index (χ1) is 8.00. The van der Waals surface area contributed by atoms with Crippen LogP contribution in [0, 0.1) is 0 Å². The fourth-order valence-electron chi connectivity index (χ4n) is 1.68. The monoisotopic (exact) mass is 298 g/mol. The number of amides is 1. The number of hydrogen-bond acceptors (Lipinski definition) is 2. The summed E-state index contributed by atoms with van der Waals surface area (Å²) in [5.41, 5.74) is 6.42. The summed E-state index contributed by atoms with van der Waals surface area (Å²) in [5.74, 6) is -0.479. The van der Waals surface area contributed by atoms with Crippen molar-refractivity contribution in [3.8, 4) is 0 Å². The van der Waals surface area contributed by atoms with Gasteiger partial charge in [-0.25, -0.2) is 0 Å². The van der Waals surface area contributed by atoms with Gasteiger partial charge in [0, 0.05) is 10.5 Å². The first-order valence-corrected chi connectivity index (χ1v) is 6.58. The number of halogens is 1. The maximum absolute atomic E-state index is 11.4. The van der Waals surface area contributed by atoms with E-state index >= 15 is 0 Å². The predicted octanol–water partition coefficient (Wildman–Crippen LogP) is 2.41. The normalized spacial score (nSPS) is 12.7. The van der Waals surface area contributed by atoms with Crippen molar-refractivity contribution in [3.63, 3.8) is 0 Å². The van der Waals surface area contributed by atoms with Crippen LogP contribution < -0.4 is 11.1 Å². The minimum Gasteiger partial charge on any atom is -0.369 e. The lowest BCUT2D eigenvalue weighted by atomic mass is 9.95. The van der Waals surface area contributed by atoms with E-state index in [1.807, 2.05) is 24.3 Å². The summed E-state index contributed by atoms with van der Waals surface area (Å²) >= 11 is 3.37. The van der Waals surface area contributed by atoms with Crippen molar-refractivity contribution in [1.82, 2.24) is 5.32 Å². The third-order valence-corrected chi connectivity index (χ3v) is 3.13. The van der Waals surface area contributed by atoms with Crippen molar-refractivity contribution in [2.75, 3.05) is 6.54 Å². The first-order valence-electron chi connectivity index (χ1n) is 5.79. The van der Waals surface area contributed by atoms with Crippen molar-refractivity contribution >= 4 is 21.8 Å². The Hall–Kier alpha value is -0.870. The van der Waals surface area contributed by atoms with Crippen LogP contribution in [0.15, 0.2) is 28.7 Å². The van der Waals surface area contributed by atoms with E-state index in [-0.39, 0.29) is 11.8 Å². The fourth-order valence-corrected chi connectivity index (χ4v) is 1.95. The van der Waals surface area contributed by atoms with E-state index < -0.39 is 0 Å². The van der Waals surface area contributed by atoms with E-state index in [0.717, 1.165) is 23.0 Å². The van der Waals surface area contributed by atoms with Gasteiger partial charge in [-0.05, 0) is 30.7 Å². The van der Waals surface area contributed by atoms with Gasteiger partial charge in [0.25, 0.3) is 0 Å². The van der Waals surface area contributed by atoms with Gasteiger partial charge in [-0.2, -0.15) is 0 Å².